The van der Waals surface area contributed by atoms with Crippen LogP contribution in [-0.4, -0.2) is 37.1 Å². The SMILES string of the molecule is CCC1CCN(CCNC2CCC(C)CC2)C1. The summed E-state index contributed by atoms with van der Waals surface area (Å²) >= 11 is 0. The first-order valence-electron chi connectivity index (χ1n) is 7.73. The lowest BCUT2D eigenvalue weighted by Gasteiger charge is -2.27. The maximum Gasteiger partial charge on any atom is 0.0107 e. The summed E-state index contributed by atoms with van der Waals surface area (Å²) in [5, 5.41) is 3.76. The first kappa shape index (κ1) is 13.4. The van der Waals surface area contributed by atoms with Crippen LogP contribution in [0.1, 0.15) is 52.4 Å². The predicted octanol–water partition coefficient (Wildman–Crippen LogP) is 2.89. The lowest BCUT2D eigenvalue weighted by atomic mass is 9.87. The number of nitrogens with one attached hydrogen (secondary N) is 1. The van der Waals surface area contributed by atoms with Crippen molar-refractivity contribution >= 4 is 0 Å². The molecule has 2 rings (SSSR count). The smallest absolute Gasteiger partial charge is 0.0107 e. The van der Waals surface area contributed by atoms with E-state index in [0.29, 0.717) is 0 Å². The van der Waals surface area contributed by atoms with Crippen molar-refractivity contribution in [3.05, 3.63) is 0 Å². The van der Waals surface area contributed by atoms with Crippen LogP contribution in [0.3, 0.4) is 0 Å². The molecule has 0 aromatic rings. The van der Waals surface area contributed by atoms with Crippen LogP contribution in [0.25, 0.3) is 0 Å². The van der Waals surface area contributed by atoms with E-state index >= 15 is 0 Å². The average molecular weight is 238 g/mol. The fourth-order valence-electron chi connectivity index (χ4n) is 3.34. The lowest BCUT2D eigenvalue weighted by molar-refractivity contribution is 0.278. The molecule has 17 heavy (non-hydrogen) atoms. The van der Waals surface area contributed by atoms with Gasteiger partial charge in [-0.25, -0.2) is 0 Å². The van der Waals surface area contributed by atoms with Crippen molar-refractivity contribution < 1.29 is 0 Å². The van der Waals surface area contributed by atoms with Gasteiger partial charge in [-0.2, -0.15) is 0 Å². The number of hydrogen-bond donors (Lipinski definition) is 1. The van der Waals surface area contributed by atoms with E-state index in [9.17, 15) is 0 Å². The Morgan fingerprint density at radius 2 is 1.88 bits per heavy atom. The molecule has 1 aliphatic carbocycles. The van der Waals surface area contributed by atoms with Crippen molar-refractivity contribution in [2.24, 2.45) is 11.8 Å². The van der Waals surface area contributed by atoms with E-state index in [1.54, 1.807) is 0 Å². The van der Waals surface area contributed by atoms with Gasteiger partial charge in [-0.15, -0.1) is 0 Å². The van der Waals surface area contributed by atoms with E-state index in [1.807, 2.05) is 0 Å². The third-order valence-corrected chi connectivity index (χ3v) is 4.82. The van der Waals surface area contributed by atoms with E-state index in [1.165, 1.54) is 64.7 Å². The molecule has 2 aliphatic rings. The zero-order chi connectivity index (χ0) is 12.1. The van der Waals surface area contributed by atoms with Gasteiger partial charge in [0.1, 0.15) is 0 Å². The normalized spacial score (nSPS) is 35.3. The van der Waals surface area contributed by atoms with Gasteiger partial charge in [0, 0.05) is 25.7 Å². The van der Waals surface area contributed by atoms with Crippen molar-refractivity contribution in [1.29, 1.82) is 0 Å². The molecule has 0 radical (unpaired) electrons. The molecular formula is C15H30N2. The number of rotatable bonds is 5. The monoisotopic (exact) mass is 238 g/mol. The molecule has 0 spiro atoms. The number of nitrogens with zero attached hydrogens (tertiary/aromatic N) is 1. The Morgan fingerprint density at radius 3 is 2.53 bits per heavy atom. The lowest BCUT2D eigenvalue weighted by Crippen LogP contribution is -2.38. The highest BCUT2D eigenvalue weighted by Gasteiger charge is 2.21. The molecule has 1 heterocycles. The van der Waals surface area contributed by atoms with Crippen LogP contribution in [-0.2, 0) is 0 Å². The average Bonchev–Trinajstić information content (AvgIpc) is 2.80. The Kier molecular flexibility index (Phi) is 5.30. The molecule has 0 bridgehead atoms. The van der Waals surface area contributed by atoms with Gasteiger partial charge >= 0.3 is 0 Å². The Bertz CT molecular complexity index is 207. The van der Waals surface area contributed by atoms with Crippen molar-refractivity contribution in [3.8, 4) is 0 Å². The molecular weight excluding hydrogens is 208 g/mol. The van der Waals surface area contributed by atoms with E-state index in [-0.39, 0.29) is 0 Å². The third-order valence-electron chi connectivity index (χ3n) is 4.82. The second-order valence-electron chi connectivity index (χ2n) is 6.27. The van der Waals surface area contributed by atoms with Crippen LogP contribution in [0.5, 0.6) is 0 Å². The summed E-state index contributed by atoms with van der Waals surface area (Å²) in [6.07, 6.45) is 8.46. The maximum absolute atomic E-state index is 3.76. The summed E-state index contributed by atoms with van der Waals surface area (Å²) in [4.78, 5) is 2.65. The zero-order valence-corrected chi connectivity index (χ0v) is 11.8. The van der Waals surface area contributed by atoms with Crippen LogP contribution in [0.4, 0.5) is 0 Å². The van der Waals surface area contributed by atoms with Gasteiger partial charge in [0.15, 0.2) is 0 Å². The minimum atomic E-state index is 0.816. The van der Waals surface area contributed by atoms with Crippen LogP contribution in [0, 0.1) is 11.8 Å². The highest BCUT2D eigenvalue weighted by atomic mass is 15.2. The van der Waals surface area contributed by atoms with Gasteiger partial charge in [0.25, 0.3) is 0 Å². The van der Waals surface area contributed by atoms with Crippen LogP contribution in [0.2, 0.25) is 0 Å². The van der Waals surface area contributed by atoms with Gasteiger partial charge in [0.05, 0.1) is 0 Å². The quantitative estimate of drug-likeness (QED) is 0.792. The summed E-state index contributed by atoms with van der Waals surface area (Å²) in [7, 11) is 0. The molecule has 2 heteroatoms. The predicted molar refractivity (Wildman–Crippen MR) is 74.3 cm³/mol. The van der Waals surface area contributed by atoms with E-state index in [4.69, 9.17) is 0 Å². The fourth-order valence-corrected chi connectivity index (χ4v) is 3.34. The third kappa shape index (κ3) is 4.26. The molecule has 2 nitrogen and oxygen atoms in total. The number of likely N-dealkylation sites (tertiary alicyclic amines) is 1. The molecule has 0 aromatic heterocycles. The van der Waals surface area contributed by atoms with Gasteiger partial charge in [-0.3, -0.25) is 0 Å². The highest BCUT2D eigenvalue weighted by molar-refractivity contribution is 4.78. The van der Waals surface area contributed by atoms with Crippen LogP contribution in [0.15, 0.2) is 0 Å². The Labute approximate surface area is 107 Å². The maximum atomic E-state index is 3.76. The topological polar surface area (TPSA) is 15.3 Å². The van der Waals surface area contributed by atoms with Gasteiger partial charge < -0.3 is 10.2 Å². The first-order valence-corrected chi connectivity index (χ1v) is 7.73. The molecule has 2 fully saturated rings. The second-order valence-corrected chi connectivity index (χ2v) is 6.27. The van der Waals surface area contributed by atoms with E-state index < -0.39 is 0 Å². The Hall–Kier alpha value is -0.0800. The largest absolute Gasteiger partial charge is 0.313 e. The molecule has 1 N–H and O–H groups in total. The first-order chi connectivity index (χ1) is 8.28. The summed E-state index contributed by atoms with van der Waals surface area (Å²) in [6.45, 7) is 9.88. The van der Waals surface area contributed by atoms with Crippen molar-refractivity contribution in [3.63, 3.8) is 0 Å². The number of hydrogen-bond acceptors (Lipinski definition) is 2. The summed E-state index contributed by atoms with van der Waals surface area (Å²) in [5.41, 5.74) is 0. The minimum absolute atomic E-state index is 0.816. The molecule has 1 saturated heterocycles. The molecule has 1 atom stereocenters. The molecule has 100 valence electrons. The van der Waals surface area contributed by atoms with E-state index in [0.717, 1.165) is 17.9 Å². The van der Waals surface area contributed by atoms with Gasteiger partial charge in [0.2, 0.25) is 0 Å². The molecule has 1 unspecified atom stereocenters. The summed E-state index contributed by atoms with van der Waals surface area (Å²) < 4.78 is 0. The molecule has 1 aliphatic heterocycles. The fraction of sp³-hybridized carbons (Fsp3) is 1.00. The molecule has 0 amide bonds. The minimum Gasteiger partial charge on any atom is -0.313 e. The summed E-state index contributed by atoms with van der Waals surface area (Å²) in [6, 6.07) is 0.816. The van der Waals surface area contributed by atoms with E-state index in [2.05, 4.69) is 24.1 Å². The van der Waals surface area contributed by atoms with Crippen molar-refractivity contribution in [1.82, 2.24) is 10.2 Å². The second kappa shape index (κ2) is 6.75. The Morgan fingerprint density at radius 1 is 1.12 bits per heavy atom. The summed E-state index contributed by atoms with van der Waals surface area (Å²) in [5.74, 6) is 1.95. The van der Waals surface area contributed by atoms with Crippen LogP contribution >= 0.6 is 0 Å². The van der Waals surface area contributed by atoms with Crippen molar-refractivity contribution in [2.75, 3.05) is 26.2 Å². The van der Waals surface area contributed by atoms with Crippen LogP contribution < -0.4 is 5.32 Å². The zero-order valence-electron chi connectivity index (χ0n) is 11.8. The highest BCUT2D eigenvalue weighted by Crippen LogP contribution is 2.23. The Balaban J connectivity index is 1.54. The van der Waals surface area contributed by atoms with Crippen molar-refractivity contribution in [2.45, 2.75) is 58.4 Å². The molecule has 0 aromatic carbocycles. The van der Waals surface area contributed by atoms with Gasteiger partial charge in [-0.1, -0.05) is 20.3 Å². The standard InChI is InChI=1S/C15H30N2/c1-3-14-8-10-17(12-14)11-9-16-15-6-4-13(2)5-7-15/h13-16H,3-12H2,1-2H3. The van der Waals surface area contributed by atoms with Gasteiger partial charge in [-0.05, 0) is 50.5 Å². The molecule has 1 saturated carbocycles.